The van der Waals surface area contributed by atoms with E-state index in [4.69, 9.17) is 0 Å². The zero-order valence-corrected chi connectivity index (χ0v) is 9.97. The van der Waals surface area contributed by atoms with Crippen molar-refractivity contribution in [2.24, 2.45) is 0 Å². The van der Waals surface area contributed by atoms with E-state index in [9.17, 15) is 19.1 Å². The monoisotopic (exact) mass is 251 g/mol. The van der Waals surface area contributed by atoms with Gasteiger partial charge in [-0.2, -0.15) is 0 Å². The summed E-state index contributed by atoms with van der Waals surface area (Å²) in [6.45, 7) is 1.71. The summed E-state index contributed by atoms with van der Waals surface area (Å²) in [5.74, 6) is -1.63. The maximum absolute atomic E-state index is 13.3. The lowest BCUT2D eigenvalue weighted by Gasteiger charge is -2.26. The van der Waals surface area contributed by atoms with E-state index in [-0.39, 0.29) is 6.04 Å². The van der Waals surface area contributed by atoms with Gasteiger partial charge in [-0.15, -0.1) is 0 Å². The van der Waals surface area contributed by atoms with Crippen molar-refractivity contribution in [1.82, 2.24) is 4.90 Å². The number of rotatable bonds is 5. The van der Waals surface area contributed by atoms with E-state index in [1.165, 1.54) is 23.1 Å². The highest BCUT2D eigenvalue weighted by Gasteiger charge is 2.38. The highest BCUT2D eigenvalue weighted by Crippen LogP contribution is 2.34. The molecule has 1 atom stereocenters. The molecule has 18 heavy (non-hydrogen) atoms. The van der Waals surface area contributed by atoms with E-state index >= 15 is 0 Å². The third-order valence-electron chi connectivity index (χ3n) is 3.16. The van der Waals surface area contributed by atoms with Crippen LogP contribution in [0.5, 0.6) is 0 Å². The minimum Gasteiger partial charge on any atom is -0.479 e. The molecule has 1 aromatic rings. The van der Waals surface area contributed by atoms with Crippen LogP contribution >= 0.6 is 0 Å². The topological polar surface area (TPSA) is 57.6 Å². The SMILES string of the molecule is Cc1ccc(F)cc1C(C(=O)O)N(C=O)C1CC1. The van der Waals surface area contributed by atoms with E-state index < -0.39 is 17.8 Å². The predicted molar refractivity (Wildman–Crippen MR) is 62.4 cm³/mol. The Morgan fingerprint density at radius 3 is 2.72 bits per heavy atom. The fourth-order valence-electron chi connectivity index (χ4n) is 2.06. The Morgan fingerprint density at radius 2 is 2.22 bits per heavy atom. The standard InChI is InChI=1S/C13H14FNO3/c1-8-2-3-9(14)6-11(8)12(13(17)18)15(7-16)10-4-5-10/h2-3,6-7,10,12H,4-5H2,1H3,(H,17,18). The van der Waals surface area contributed by atoms with Crippen molar-refractivity contribution >= 4 is 12.4 Å². The van der Waals surface area contributed by atoms with Gasteiger partial charge < -0.3 is 10.0 Å². The molecule has 1 unspecified atom stereocenters. The molecule has 0 heterocycles. The van der Waals surface area contributed by atoms with Gasteiger partial charge in [-0.05, 0) is 43.0 Å². The maximum Gasteiger partial charge on any atom is 0.331 e. The average molecular weight is 251 g/mol. The number of hydrogen-bond donors (Lipinski definition) is 1. The van der Waals surface area contributed by atoms with Crippen LogP contribution < -0.4 is 0 Å². The first-order valence-corrected chi connectivity index (χ1v) is 5.76. The van der Waals surface area contributed by atoms with E-state index in [0.29, 0.717) is 17.5 Å². The molecule has 0 bridgehead atoms. The fourth-order valence-corrected chi connectivity index (χ4v) is 2.06. The number of aliphatic carboxylic acids is 1. The molecule has 1 amide bonds. The van der Waals surface area contributed by atoms with Crippen LogP contribution in [0.3, 0.4) is 0 Å². The second-order valence-corrected chi connectivity index (χ2v) is 4.53. The molecular weight excluding hydrogens is 237 g/mol. The third kappa shape index (κ3) is 2.34. The van der Waals surface area contributed by atoms with Gasteiger partial charge in [0.25, 0.3) is 0 Å². The number of carbonyl (C=O) groups excluding carboxylic acids is 1. The van der Waals surface area contributed by atoms with E-state index in [1.807, 2.05) is 0 Å². The van der Waals surface area contributed by atoms with Crippen molar-refractivity contribution < 1.29 is 19.1 Å². The molecule has 0 aromatic heterocycles. The van der Waals surface area contributed by atoms with Gasteiger partial charge in [0.05, 0.1) is 0 Å². The van der Waals surface area contributed by atoms with Crippen molar-refractivity contribution in [1.29, 1.82) is 0 Å². The summed E-state index contributed by atoms with van der Waals surface area (Å²) >= 11 is 0. The van der Waals surface area contributed by atoms with Crippen molar-refractivity contribution in [3.8, 4) is 0 Å². The molecule has 0 spiro atoms. The summed E-state index contributed by atoms with van der Waals surface area (Å²) in [6.07, 6.45) is 2.15. The zero-order valence-electron chi connectivity index (χ0n) is 9.97. The Kier molecular flexibility index (Phi) is 3.32. The Balaban J connectivity index is 2.43. The summed E-state index contributed by atoms with van der Waals surface area (Å²) in [6, 6.07) is 2.85. The summed E-state index contributed by atoms with van der Waals surface area (Å²) < 4.78 is 13.3. The lowest BCUT2D eigenvalue weighted by atomic mass is 10.00. The quantitative estimate of drug-likeness (QED) is 0.813. The Hall–Kier alpha value is -1.91. The Labute approximate surface area is 104 Å². The number of carboxylic acid groups (broad SMARTS) is 1. The van der Waals surface area contributed by atoms with Crippen LogP contribution in [0.15, 0.2) is 18.2 Å². The van der Waals surface area contributed by atoms with Crippen LogP contribution in [-0.2, 0) is 9.59 Å². The van der Waals surface area contributed by atoms with Gasteiger partial charge in [-0.3, -0.25) is 4.79 Å². The van der Waals surface area contributed by atoms with E-state index in [2.05, 4.69) is 0 Å². The van der Waals surface area contributed by atoms with Gasteiger partial charge in [0, 0.05) is 6.04 Å². The van der Waals surface area contributed by atoms with Crippen molar-refractivity contribution in [3.63, 3.8) is 0 Å². The third-order valence-corrected chi connectivity index (χ3v) is 3.16. The second kappa shape index (κ2) is 4.76. The van der Waals surface area contributed by atoms with Gasteiger partial charge in [-0.1, -0.05) is 6.07 Å². The first-order chi connectivity index (χ1) is 8.54. The Morgan fingerprint density at radius 1 is 1.56 bits per heavy atom. The number of amides is 1. The van der Waals surface area contributed by atoms with Crippen LogP contribution in [0.4, 0.5) is 4.39 Å². The van der Waals surface area contributed by atoms with Gasteiger partial charge in [-0.25, -0.2) is 9.18 Å². The first kappa shape index (κ1) is 12.5. The zero-order chi connectivity index (χ0) is 13.3. The van der Waals surface area contributed by atoms with Crippen molar-refractivity contribution in [2.75, 3.05) is 0 Å². The summed E-state index contributed by atoms with van der Waals surface area (Å²) in [7, 11) is 0. The Bertz CT molecular complexity index is 485. The molecule has 4 nitrogen and oxygen atoms in total. The maximum atomic E-state index is 13.3. The molecule has 1 N–H and O–H groups in total. The number of carbonyl (C=O) groups is 2. The molecule has 1 aliphatic rings. The molecule has 96 valence electrons. The number of benzene rings is 1. The molecule has 1 aromatic carbocycles. The summed E-state index contributed by atoms with van der Waals surface area (Å²) in [5.41, 5.74) is 0.998. The van der Waals surface area contributed by atoms with Crippen LogP contribution in [0.25, 0.3) is 0 Å². The molecule has 2 rings (SSSR count). The minimum atomic E-state index is -1.14. The highest BCUT2D eigenvalue weighted by atomic mass is 19.1. The number of carboxylic acids is 1. The number of nitrogens with zero attached hydrogens (tertiary/aromatic N) is 1. The molecule has 1 aliphatic carbocycles. The van der Waals surface area contributed by atoms with Crippen LogP contribution in [-0.4, -0.2) is 28.4 Å². The van der Waals surface area contributed by atoms with E-state index in [0.717, 1.165) is 12.8 Å². The molecule has 0 radical (unpaired) electrons. The van der Waals surface area contributed by atoms with Gasteiger partial charge in [0.15, 0.2) is 6.04 Å². The largest absolute Gasteiger partial charge is 0.479 e. The lowest BCUT2D eigenvalue weighted by molar-refractivity contribution is -0.147. The average Bonchev–Trinajstić information content (AvgIpc) is 3.13. The van der Waals surface area contributed by atoms with Crippen molar-refractivity contribution in [2.45, 2.75) is 31.8 Å². The summed E-state index contributed by atoms with van der Waals surface area (Å²) in [5, 5.41) is 9.30. The normalized spacial score (nSPS) is 16.1. The number of hydrogen-bond acceptors (Lipinski definition) is 2. The highest BCUT2D eigenvalue weighted by molar-refractivity contribution is 5.79. The smallest absolute Gasteiger partial charge is 0.331 e. The molecule has 0 saturated heterocycles. The second-order valence-electron chi connectivity index (χ2n) is 4.53. The minimum absolute atomic E-state index is 0.0359. The van der Waals surface area contributed by atoms with Gasteiger partial charge in [0.2, 0.25) is 6.41 Å². The molecule has 5 heteroatoms. The van der Waals surface area contributed by atoms with Crippen LogP contribution in [0.2, 0.25) is 0 Å². The van der Waals surface area contributed by atoms with E-state index in [1.54, 1.807) is 6.92 Å². The number of halogens is 1. The number of aryl methyl sites for hydroxylation is 1. The van der Waals surface area contributed by atoms with Gasteiger partial charge in [0.1, 0.15) is 5.82 Å². The molecule has 1 fully saturated rings. The molecular formula is C13H14FNO3. The molecule has 0 aliphatic heterocycles. The lowest BCUT2D eigenvalue weighted by Crippen LogP contribution is -2.35. The fraction of sp³-hybridized carbons (Fsp3) is 0.385. The molecule has 1 saturated carbocycles. The predicted octanol–water partition coefficient (Wildman–Crippen LogP) is 1.88. The van der Waals surface area contributed by atoms with Crippen molar-refractivity contribution in [3.05, 3.63) is 35.1 Å². The van der Waals surface area contributed by atoms with Crippen LogP contribution in [0, 0.1) is 12.7 Å². The van der Waals surface area contributed by atoms with Gasteiger partial charge >= 0.3 is 5.97 Å². The first-order valence-electron chi connectivity index (χ1n) is 5.76. The van der Waals surface area contributed by atoms with Crippen LogP contribution in [0.1, 0.15) is 30.0 Å². The summed E-state index contributed by atoms with van der Waals surface area (Å²) in [4.78, 5) is 23.7.